The number of rotatable bonds is 6. The number of halogens is 1. The molecule has 1 aliphatic heterocycles. The fourth-order valence-electron chi connectivity index (χ4n) is 3.09. The number of aryl methyl sites for hydroxylation is 1. The molecule has 1 aromatic heterocycles. The van der Waals surface area contributed by atoms with Crippen molar-refractivity contribution < 1.29 is 4.39 Å². The Labute approximate surface area is 146 Å². The summed E-state index contributed by atoms with van der Waals surface area (Å²) >= 11 is 0. The largest absolute Gasteiger partial charge is 0.380 e. The van der Waals surface area contributed by atoms with E-state index in [1.54, 1.807) is 25.4 Å². The lowest BCUT2D eigenvalue weighted by atomic mass is 10.2. The lowest BCUT2D eigenvalue weighted by molar-refractivity contribution is 0.256. The SMILES string of the molecule is Cn1nccc(NCCCN2CCN(c3ccccc3F)CC2)c1=O. The first-order chi connectivity index (χ1) is 12.1. The van der Waals surface area contributed by atoms with E-state index in [9.17, 15) is 9.18 Å². The van der Waals surface area contributed by atoms with Crippen LogP contribution in [0.15, 0.2) is 41.3 Å². The van der Waals surface area contributed by atoms with E-state index in [2.05, 4.69) is 20.2 Å². The molecule has 0 aliphatic carbocycles. The molecule has 134 valence electrons. The van der Waals surface area contributed by atoms with Crippen molar-refractivity contribution >= 4 is 11.4 Å². The van der Waals surface area contributed by atoms with Crippen LogP contribution >= 0.6 is 0 Å². The maximum absolute atomic E-state index is 13.8. The van der Waals surface area contributed by atoms with Crippen molar-refractivity contribution in [2.75, 3.05) is 49.5 Å². The first kappa shape index (κ1) is 17.4. The van der Waals surface area contributed by atoms with Crippen molar-refractivity contribution in [1.29, 1.82) is 0 Å². The number of nitrogens with one attached hydrogen (secondary N) is 1. The van der Waals surface area contributed by atoms with Crippen molar-refractivity contribution in [3.05, 3.63) is 52.7 Å². The molecule has 0 radical (unpaired) electrons. The summed E-state index contributed by atoms with van der Waals surface area (Å²) in [6, 6.07) is 8.65. The molecule has 1 saturated heterocycles. The predicted octanol–water partition coefficient (Wildman–Crippen LogP) is 1.54. The van der Waals surface area contributed by atoms with Crippen LogP contribution in [0.25, 0.3) is 0 Å². The minimum Gasteiger partial charge on any atom is -0.380 e. The zero-order valence-electron chi connectivity index (χ0n) is 14.5. The van der Waals surface area contributed by atoms with Gasteiger partial charge in [0.15, 0.2) is 0 Å². The van der Waals surface area contributed by atoms with Gasteiger partial charge in [-0.25, -0.2) is 9.07 Å². The summed E-state index contributed by atoms with van der Waals surface area (Å²) in [5.74, 6) is -0.154. The van der Waals surface area contributed by atoms with E-state index >= 15 is 0 Å². The van der Waals surface area contributed by atoms with Crippen molar-refractivity contribution in [2.24, 2.45) is 7.05 Å². The smallest absolute Gasteiger partial charge is 0.289 e. The van der Waals surface area contributed by atoms with Crippen molar-refractivity contribution in [2.45, 2.75) is 6.42 Å². The van der Waals surface area contributed by atoms with E-state index in [0.717, 1.165) is 45.7 Å². The van der Waals surface area contributed by atoms with Crippen LogP contribution in [0, 0.1) is 5.82 Å². The molecule has 1 aromatic carbocycles. The number of benzene rings is 1. The second-order valence-electron chi connectivity index (χ2n) is 6.23. The van der Waals surface area contributed by atoms with Crippen molar-refractivity contribution in [1.82, 2.24) is 14.7 Å². The first-order valence-corrected chi connectivity index (χ1v) is 8.63. The van der Waals surface area contributed by atoms with Gasteiger partial charge in [0.05, 0.1) is 5.69 Å². The highest BCUT2D eigenvalue weighted by Crippen LogP contribution is 2.20. The monoisotopic (exact) mass is 345 g/mol. The molecule has 0 saturated carbocycles. The molecule has 25 heavy (non-hydrogen) atoms. The van der Waals surface area contributed by atoms with E-state index < -0.39 is 0 Å². The number of aromatic nitrogens is 2. The molecular weight excluding hydrogens is 321 g/mol. The van der Waals surface area contributed by atoms with E-state index in [1.807, 2.05) is 12.1 Å². The van der Waals surface area contributed by atoms with Crippen molar-refractivity contribution in [3.63, 3.8) is 0 Å². The van der Waals surface area contributed by atoms with Crippen LogP contribution in [0.3, 0.4) is 0 Å². The molecule has 0 spiro atoms. The lowest BCUT2D eigenvalue weighted by Gasteiger charge is -2.36. The highest BCUT2D eigenvalue weighted by molar-refractivity contribution is 5.48. The maximum atomic E-state index is 13.8. The third-order valence-corrected chi connectivity index (χ3v) is 4.54. The summed E-state index contributed by atoms with van der Waals surface area (Å²) in [6.45, 7) is 5.21. The Morgan fingerprint density at radius 3 is 2.68 bits per heavy atom. The zero-order valence-corrected chi connectivity index (χ0v) is 14.5. The van der Waals surface area contributed by atoms with Crippen LogP contribution in [0.2, 0.25) is 0 Å². The molecule has 6 nitrogen and oxygen atoms in total. The molecule has 0 atom stereocenters. The van der Waals surface area contributed by atoms with Gasteiger partial charge in [0.1, 0.15) is 11.5 Å². The highest BCUT2D eigenvalue weighted by atomic mass is 19.1. The zero-order chi connectivity index (χ0) is 17.6. The van der Waals surface area contributed by atoms with Crippen molar-refractivity contribution in [3.8, 4) is 0 Å². The van der Waals surface area contributed by atoms with Crippen LogP contribution in [0.4, 0.5) is 15.8 Å². The average molecular weight is 345 g/mol. The standard InChI is InChI=1S/C18H24FN5O/c1-22-18(25)16(7-9-21-22)20-8-4-10-23-11-13-24(14-12-23)17-6-3-2-5-15(17)19/h2-3,5-7,9,20H,4,8,10-14H2,1H3. The third kappa shape index (κ3) is 4.36. The maximum Gasteiger partial charge on any atom is 0.289 e. The van der Waals surface area contributed by atoms with E-state index in [4.69, 9.17) is 0 Å². The average Bonchev–Trinajstić information content (AvgIpc) is 2.63. The third-order valence-electron chi connectivity index (χ3n) is 4.54. The molecule has 1 aliphatic rings. The summed E-state index contributed by atoms with van der Waals surface area (Å²) in [7, 11) is 1.64. The molecule has 7 heteroatoms. The summed E-state index contributed by atoms with van der Waals surface area (Å²) in [6.07, 6.45) is 2.57. The second-order valence-corrected chi connectivity index (χ2v) is 6.23. The van der Waals surface area contributed by atoms with Gasteiger partial charge in [-0.15, -0.1) is 0 Å². The Morgan fingerprint density at radius 2 is 1.92 bits per heavy atom. The minimum absolute atomic E-state index is 0.110. The first-order valence-electron chi connectivity index (χ1n) is 8.63. The van der Waals surface area contributed by atoms with Crippen LogP contribution < -0.4 is 15.8 Å². The Kier molecular flexibility index (Phi) is 5.65. The molecule has 1 fully saturated rings. The van der Waals surface area contributed by atoms with Crippen LogP contribution in [-0.2, 0) is 7.05 Å². The highest BCUT2D eigenvalue weighted by Gasteiger charge is 2.18. The van der Waals surface area contributed by atoms with Crippen LogP contribution in [0.5, 0.6) is 0 Å². The summed E-state index contributed by atoms with van der Waals surface area (Å²) in [5, 5.41) is 7.08. The normalized spacial score (nSPS) is 15.4. The van der Waals surface area contributed by atoms with Gasteiger partial charge in [-0.05, 0) is 31.2 Å². The number of hydrogen-bond acceptors (Lipinski definition) is 5. The molecular formula is C18H24FN5O. The Hall–Kier alpha value is -2.41. The fourth-order valence-corrected chi connectivity index (χ4v) is 3.09. The van der Waals surface area contributed by atoms with Gasteiger partial charge < -0.3 is 10.2 Å². The minimum atomic E-state index is -0.154. The molecule has 0 bridgehead atoms. The fraction of sp³-hybridized carbons (Fsp3) is 0.444. The number of piperazine rings is 1. The Bertz CT molecular complexity index is 755. The number of hydrogen-bond donors (Lipinski definition) is 1. The summed E-state index contributed by atoms with van der Waals surface area (Å²) in [4.78, 5) is 16.3. The molecule has 0 amide bonds. The van der Waals surface area contributed by atoms with Crippen LogP contribution in [-0.4, -0.2) is 53.9 Å². The van der Waals surface area contributed by atoms with E-state index in [1.165, 1.54) is 10.7 Å². The lowest BCUT2D eigenvalue weighted by Crippen LogP contribution is -2.47. The van der Waals surface area contributed by atoms with Gasteiger partial charge in [0, 0.05) is 46.0 Å². The number of para-hydroxylation sites is 1. The molecule has 1 N–H and O–H groups in total. The molecule has 2 heterocycles. The van der Waals surface area contributed by atoms with E-state index in [-0.39, 0.29) is 11.4 Å². The quantitative estimate of drug-likeness (QED) is 0.805. The van der Waals surface area contributed by atoms with Gasteiger partial charge in [0.2, 0.25) is 0 Å². The van der Waals surface area contributed by atoms with E-state index in [0.29, 0.717) is 11.4 Å². The van der Waals surface area contributed by atoms with Crippen LogP contribution in [0.1, 0.15) is 6.42 Å². The number of anilines is 2. The summed E-state index contributed by atoms with van der Waals surface area (Å²) in [5.41, 5.74) is 1.17. The second kappa shape index (κ2) is 8.11. The predicted molar refractivity (Wildman–Crippen MR) is 97.6 cm³/mol. The molecule has 3 rings (SSSR count). The van der Waals surface area contributed by atoms with Gasteiger partial charge in [-0.1, -0.05) is 12.1 Å². The molecule has 0 unspecified atom stereocenters. The van der Waals surface area contributed by atoms with Gasteiger partial charge in [-0.2, -0.15) is 5.10 Å². The Morgan fingerprint density at radius 1 is 1.16 bits per heavy atom. The number of nitrogens with zero attached hydrogens (tertiary/aromatic N) is 4. The molecule has 2 aromatic rings. The summed E-state index contributed by atoms with van der Waals surface area (Å²) < 4.78 is 15.2. The van der Waals surface area contributed by atoms with Gasteiger partial charge >= 0.3 is 0 Å². The van der Waals surface area contributed by atoms with Gasteiger partial charge in [0.25, 0.3) is 5.56 Å². The van der Waals surface area contributed by atoms with Gasteiger partial charge in [-0.3, -0.25) is 9.69 Å². The topological polar surface area (TPSA) is 53.4 Å². The Balaban J connectivity index is 1.40.